The van der Waals surface area contributed by atoms with Gasteiger partial charge in [-0.15, -0.1) is 11.8 Å². The fourth-order valence-corrected chi connectivity index (χ4v) is 4.92. The van der Waals surface area contributed by atoms with Crippen molar-refractivity contribution in [1.82, 2.24) is 10.2 Å². The standard InChI is InChI=1S/C19H23BrN2O2S/c1-2-18(23)22-9-7-13(8-10-22)19(24)21-16-4-3-11-25-17-6-5-14(20)12-15(16)17/h2,5-6,12-13,16H,1,3-4,7-11H2,(H,21,24). The van der Waals surface area contributed by atoms with E-state index < -0.39 is 0 Å². The second-order valence-corrected chi connectivity index (χ2v) is 8.59. The molecule has 2 aliphatic heterocycles. The Morgan fingerprint density at radius 1 is 1.28 bits per heavy atom. The van der Waals surface area contributed by atoms with Gasteiger partial charge in [-0.25, -0.2) is 0 Å². The zero-order valence-corrected chi connectivity index (χ0v) is 16.6. The van der Waals surface area contributed by atoms with Crippen molar-refractivity contribution < 1.29 is 9.59 Å². The van der Waals surface area contributed by atoms with Crippen molar-refractivity contribution in [2.75, 3.05) is 18.8 Å². The van der Waals surface area contributed by atoms with Crippen LogP contribution in [0.5, 0.6) is 0 Å². The molecule has 2 amide bonds. The average molecular weight is 423 g/mol. The molecule has 134 valence electrons. The van der Waals surface area contributed by atoms with Crippen LogP contribution in [0, 0.1) is 5.92 Å². The number of likely N-dealkylation sites (tertiary alicyclic amines) is 1. The number of carbonyl (C=O) groups is 2. The van der Waals surface area contributed by atoms with Gasteiger partial charge in [-0.05, 0) is 61.3 Å². The number of nitrogens with one attached hydrogen (secondary N) is 1. The maximum absolute atomic E-state index is 12.8. The highest BCUT2D eigenvalue weighted by atomic mass is 79.9. The maximum atomic E-state index is 12.8. The number of piperidine rings is 1. The summed E-state index contributed by atoms with van der Waals surface area (Å²) >= 11 is 5.41. The number of benzene rings is 1. The summed E-state index contributed by atoms with van der Waals surface area (Å²) < 4.78 is 1.05. The molecule has 0 saturated carbocycles. The topological polar surface area (TPSA) is 49.4 Å². The summed E-state index contributed by atoms with van der Waals surface area (Å²) in [6.07, 6.45) is 4.85. The van der Waals surface area contributed by atoms with Crippen LogP contribution in [0.15, 0.2) is 40.2 Å². The summed E-state index contributed by atoms with van der Waals surface area (Å²) in [5, 5.41) is 3.27. The fraction of sp³-hybridized carbons (Fsp3) is 0.474. The van der Waals surface area contributed by atoms with E-state index in [1.54, 1.807) is 4.90 Å². The molecule has 0 radical (unpaired) electrons. The number of rotatable bonds is 3. The molecular weight excluding hydrogens is 400 g/mol. The molecule has 1 aromatic rings. The van der Waals surface area contributed by atoms with Gasteiger partial charge in [0.2, 0.25) is 11.8 Å². The first-order valence-electron chi connectivity index (χ1n) is 8.72. The van der Waals surface area contributed by atoms with Crippen LogP contribution in [0.25, 0.3) is 0 Å². The Morgan fingerprint density at radius 2 is 2.04 bits per heavy atom. The predicted octanol–water partition coefficient (Wildman–Crippen LogP) is 3.92. The van der Waals surface area contributed by atoms with Crippen molar-refractivity contribution in [3.63, 3.8) is 0 Å². The smallest absolute Gasteiger partial charge is 0.245 e. The molecule has 25 heavy (non-hydrogen) atoms. The molecule has 4 nitrogen and oxygen atoms in total. The SMILES string of the molecule is C=CC(=O)N1CCC(C(=O)NC2CCCSc3ccc(Br)cc32)CC1. The molecule has 2 aliphatic rings. The molecule has 1 atom stereocenters. The summed E-state index contributed by atoms with van der Waals surface area (Å²) in [6, 6.07) is 6.39. The quantitative estimate of drug-likeness (QED) is 0.750. The van der Waals surface area contributed by atoms with Crippen molar-refractivity contribution in [3.8, 4) is 0 Å². The molecule has 0 aliphatic carbocycles. The van der Waals surface area contributed by atoms with Gasteiger partial charge in [0.1, 0.15) is 0 Å². The number of nitrogens with zero attached hydrogens (tertiary/aromatic N) is 1. The van der Waals surface area contributed by atoms with Crippen molar-refractivity contribution in [1.29, 1.82) is 0 Å². The third-order valence-corrected chi connectivity index (χ3v) is 6.58. The van der Waals surface area contributed by atoms with E-state index in [9.17, 15) is 9.59 Å². The largest absolute Gasteiger partial charge is 0.349 e. The van der Waals surface area contributed by atoms with E-state index in [2.05, 4.69) is 46.0 Å². The average Bonchev–Trinajstić information content (AvgIpc) is 2.83. The molecule has 1 saturated heterocycles. The number of hydrogen-bond donors (Lipinski definition) is 1. The molecule has 1 N–H and O–H groups in total. The normalized spacial score (nSPS) is 21.2. The summed E-state index contributed by atoms with van der Waals surface area (Å²) in [7, 11) is 0. The lowest BCUT2D eigenvalue weighted by molar-refractivity contribution is -0.132. The first kappa shape index (κ1) is 18.5. The Bertz CT molecular complexity index is 671. The summed E-state index contributed by atoms with van der Waals surface area (Å²) in [4.78, 5) is 27.5. The number of hydrogen-bond acceptors (Lipinski definition) is 3. The van der Waals surface area contributed by atoms with Crippen LogP contribution >= 0.6 is 27.7 Å². The summed E-state index contributed by atoms with van der Waals surface area (Å²) in [5.41, 5.74) is 1.21. The van der Waals surface area contributed by atoms with E-state index in [0.717, 1.165) is 35.9 Å². The monoisotopic (exact) mass is 422 g/mol. The molecule has 1 unspecified atom stereocenters. The van der Waals surface area contributed by atoms with Crippen LogP contribution in [0.1, 0.15) is 37.3 Å². The molecule has 1 aromatic carbocycles. The van der Waals surface area contributed by atoms with Crippen molar-refractivity contribution >= 4 is 39.5 Å². The first-order valence-corrected chi connectivity index (χ1v) is 10.5. The Morgan fingerprint density at radius 3 is 2.76 bits per heavy atom. The number of thioether (sulfide) groups is 1. The van der Waals surface area contributed by atoms with Crippen LogP contribution in [-0.2, 0) is 9.59 Å². The minimum atomic E-state index is -0.0431. The van der Waals surface area contributed by atoms with E-state index in [0.29, 0.717) is 13.1 Å². The highest BCUT2D eigenvalue weighted by Gasteiger charge is 2.29. The Labute approximate surface area is 161 Å². The minimum Gasteiger partial charge on any atom is -0.349 e. The van der Waals surface area contributed by atoms with Crippen molar-refractivity contribution in [2.45, 2.75) is 36.6 Å². The van der Waals surface area contributed by atoms with Gasteiger partial charge in [0.05, 0.1) is 6.04 Å². The van der Waals surface area contributed by atoms with E-state index in [1.165, 1.54) is 16.5 Å². The lowest BCUT2D eigenvalue weighted by Crippen LogP contribution is -2.43. The molecule has 1 fully saturated rings. The highest BCUT2D eigenvalue weighted by Crippen LogP contribution is 2.36. The number of carbonyl (C=O) groups excluding carboxylic acids is 2. The van der Waals surface area contributed by atoms with Gasteiger partial charge in [-0.2, -0.15) is 0 Å². The number of fused-ring (bicyclic) bond motifs is 1. The van der Waals surface area contributed by atoms with Crippen LogP contribution < -0.4 is 5.32 Å². The second kappa shape index (κ2) is 8.41. The number of halogens is 1. The van der Waals surface area contributed by atoms with E-state index in [1.807, 2.05) is 11.8 Å². The van der Waals surface area contributed by atoms with E-state index >= 15 is 0 Å². The van der Waals surface area contributed by atoms with Crippen molar-refractivity contribution in [2.24, 2.45) is 5.92 Å². The summed E-state index contributed by atoms with van der Waals surface area (Å²) in [5.74, 6) is 1.15. The van der Waals surface area contributed by atoms with Gasteiger partial charge in [-0.3, -0.25) is 9.59 Å². The Kier molecular flexibility index (Phi) is 6.23. The van der Waals surface area contributed by atoms with Gasteiger partial charge in [-0.1, -0.05) is 22.5 Å². The van der Waals surface area contributed by atoms with E-state index in [-0.39, 0.29) is 23.8 Å². The van der Waals surface area contributed by atoms with Gasteiger partial charge >= 0.3 is 0 Å². The fourth-order valence-electron chi connectivity index (χ4n) is 3.48. The molecule has 2 heterocycles. The van der Waals surface area contributed by atoms with Crippen molar-refractivity contribution in [3.05, 3.63) is 40.9 Å². The molecular formula is C19H23BrN2O2S. The van der Waals surface area contributed by atoms with Crippen LogP contribution in [-0.4, -0.2) is 35.6 Å². The zero-order chi connectivity index (χ0) is 17.8. The van der Waals surface area contributed by atoms with Gasteiger partial charge < -0.3 is 10.2 Å². The minimum absolute atomic E-state index is 0.0135. The maximum Gasteiger partial charge on any atom is 0.245 e. The molecule has 6 heteroatoms. The van der Waals surface area contributed by atoms with Gasteiger partial charge in [0.25, 0.3) is 0 Å². The van der Waals surface area contributed by atoms with E-state index in [4.69, 9.17) is 0 Å². The molecule has 0 bridgehead atoms. The highest BCUT2D eigenvalue weighted by molar-refractivity contribution is 9.10. The number of amides is 2. The third kappa shape index (κ3) is 4.47. The molecule has 0 aromatic heterocycles. The first-order chi connectivity index (χ1) is 12.1. The predicted molar refractivity (Wildman–Crippen MR) is 104 cm³/mol. The lowest BCUT2D eigenvalue weighted by atomic mass is 9.94. The Balaban J connectivity index is 1.65. The van der Waals surface area contributed by atoms with Gasteiger partial charge in [0, 0.05) is 28.4 Å². The second-order valence-electron chi connectivity index (χ2n) is 6.54. The van der Waals surface area contributed by atoms with Crippen LogP contribution in [0.3, 0.4) is 0 Å². The van der Waals surface area contributed by atoms with Gasteiger partial charge in [0.15, 0.2) is 0 Å². The van der Waals surface area contributed by atoms with Crippen LogP contribution in [0.4, 0.5) is 0 Å². The van der Waals surface area contributed by atoms with Crippen LogP contribution in [0.2, 0.25) is 0 Å². The Hall–Kier alpha value is -1.27. The summed E-state index contributed by atoms with van der Waals surface area (Å²) in [6.45, 7) is 4.79. The lowest BCUT2D eigenvalue weighted by Gasteiger charge is -2.31. The third-order valence-electron chi connectivity index (χ3n) is 4.91. The zero-order valence-electron chi connectivity index (χ0n) is 14.2. The molecule has 0 spiro atoms. The molecule has 3 rings (SSSR count).